The molecular formula is C20H22N4O. The Morgan fingerprint density at radius 2 is 1.92 bits per heavy atom. The molecule has 0 bridgehead atoms. The molecule has 1 fully saturated rings. The number of nitriles is 1. The van der Waals surface area contributed by atoms with Crippen LogP contribution in [-0.2, 0) is 4.79 Å². The van der Waals surface area contributed by atoms with Gasteiger partial charge in [0.2, 0.25) is 5.91 Å². The third-order valence-electron chi connectivity index (χ3n) is 4.62. The zero-order valence-corrected chi connectivity index (χ0v) is 14.2. The predicted molar refractivity (Wildman–Crippen MR) is 96.8 cm³/mol. The fourth-order valence-electron chi connectivity index (χ4n) is 3.28. The van der Waals surface area contributed by atoms with Crippen molar-refractivity contribution in [2.24, 2.45) is 0 Å². The number of hydrogen-bond donors (Lipinski definition) is 1. The maximum Gasteiger partial charge on any atom is 0.242 e. The Labute approximate surface area is 148 Å². The van der Waals surface area contributed by atoms with Gasteiger partial charge in [0, 0.05) is 24.6 Å². The average molecular weight is 334 g/mol. The molecule has 5 nitrogen and oxygen atoms in total. The molecule has 25 heavy (non-hydrogen) atoms. The summed E-state index contributed by atoms with van der Waals surface area (Å²) in [5, 5.41) is 12.0. The second kappa shape index (κ2) is 8.29. The molecule has 0 radical (unpaired) electrons. The van der Waals surface area contributed by atoms with Gasteiger partial charge in [-0.15, -0.1) is 0 Å². The number of hydrogen-bond acceptors (Lipinski definition) is 4. The minimum absolute atomic E-state index is 0.105. The summed E-state index contributed by atoms with van der Waals surface area (Å²) in [6.45, 7) is 1.05. The Balaban J connectivity index is 1.68. The van der Waals surface area contributed by atoms with Crippen LogP contribution in [0.2, 0.25) is 0 Å². The number of carbonyl (C=O) groups is 1. The standard InChI is InChI=1S/C20H22N4O/c21-14-16-5-7-18(8-6-16)23-15-20(25)24-13-3-1-2-4-19(24)17-9-11-22-12-10-17/h5-12,19,23H,1-4,13,15H2/t19-/m0/s1. The first-order valence-corrected chi connectivity index (χ1v) is 8.71. The molecule has 0 saturated carbocycles. The fraction of sp³-hybridized carbons (Fsp3) is 0.350. The molecular weight excluding hydrogens is 312 g/mol. The van der Waals surface area contributed by atoms with Crippen molar-refractivity contribution >= 4 is 11.6 Å². The van der Waals surface area contributed by atoms with Crippen molar-refractivity contribution in [1.29, 1.82) is 5.26 Å². The van der Waals surface area contributed by atoms with Gasteiger partial charge in [-0.2, -0.15) is 5.26 Å². The van der Waals surface area contributed by atoms with Crippen molar-refractivity contribution in [3.8, 4) is 6.07 Å². The highest BCUT2D eigenvalue weighted by atomic mass is 16.2. The molecule has 1 aromatic carbocycles. The van der Waals surface area contributed by atoms with Gasteiger partial charge in [-0.05, 0) is 54.8 Å². The van der Waals surface area contributed by atoms with E-state index < -0.39 is 0 Å². The van der Waals surface area contributed by atoms with Gasteiger partial charge in [0.25, 0.3) is 0 Å². The van der Waals surface area contributed by atoms with E-state index >= 15 is 0 Å². The molecule has 2 heterocycles. The molecule has 2 aromatic rings. The minimum Gasteiger partial charge on any atom is -0.376 e. The van der Waals surface area contributed by atoms with Crippen LogP contribution in [0.1, 0.15) is 42.9 Å². The molecule has 0 unspecified atom stereocenters. The zero-order valence-electron chi connectivity index (χ0n) is 14.2. The van der Waals surface area contributed by atoms with Crippen molar-refractivity contribution in [3.05, 3.63) is 59.9 Å². The van der Waals surface area contributed by atoms with Crippen LogP contribution in [0.3, 0.4) is 0 Å². The smallest absolute Gasteiger partial charge is 0.242 e. The van der Waals surface area contributed by atoms with E-state index in [1.54, 1.807) is 24.5 Å². The molecule has 5 heteroatoms. The SMILES string of the molecule is N#Cc1ccc(NCC(=O)N2CCCCC[C@H]2c2ccncc2)cc1. The lowest BCUT2D eigenvalue weighted by molar-refractivity contribution is -0.131. The summed E-state index contributed by atoms with van der Waals surface area (Å²) >= 11 is 0. The summed E-state index contributed by atoms with van der Waals surface area (Å²) in [7, 11) is 0. The van der Waals surface area contributed by atoms with Gasteiger partial charge >= 0.3 is 0 Å². The quantitative estimate of drug-likeness (QED) is 0.929. The van der Waals surface area contributed by atoms with Crippen molar-refractivity contribution < 1.29 is 4.79 Å². The number of rotatable bonds is 4. The molecule has 1 saturated heterocycles. The van der Waals surface area contributed by atoms with E-state index in [9.17, 15) is 4.79 Å². The summed E-state index contributed by atoms with van der Waals surface area (Å²) in [4.78, 5) is 18.9. The maximum absolute atomic E-state index is 12.8. The number of aromatic nitrogens is 1. The number of likely N-dealkylation sites (tertiary alicyclic amines) is 1. The van der Waals surface area contributed by atoms with Gasteiger partial charge in [-0.1, -0.05) is 12.8 Å². The minimum atomic E-state index is 0.105. The average Bonchev–Trinajstić information content (AvgIpc) is 2.93. The van der Waals surface area contributed by atoms with Crippen molar-refractivity contribution in [2.75, 3.05) is 18.4 Å². The molecule has 1 aromatic heterocycles. The van der Waals surface area contributed by atoms with Gasteiger partial charge in [0.1, 0.15) is 0 Å². The van der Waals surface area contributed by atoms with E-state index in [-0.39, 0.29) is 18.5 Å². The van der Waals surface area contributed by atoms with Crippen molar-refractivity contribution in [2.45, 2.75) is 31.7 Å². The van der Waals surface area contributed by atoms with E-state index in [4.69, 9.17) is 5.26 Å². The summed E-state index contributed by atoms with van der Waals surface area (Å²) in [5.41, 5.74) is 2.62. The molecule has 1 aliphatic heterocycles. The Bertz CT molecular complexity index is 737. The van der Waals surface area contributed by atoms with Gasteiger partial charge in [-0.25, -0.2) is 0 Å². The largest absolute Gasteiger partial charge is 0.376 e. The van der Waals surface area contributed by atoms with Crippen LogP contribution in [0.15, 0.2) is 48.8 Å². The van der Waals surface area contributed by atoms with Crippen molar-refractivity contribution in [3.63, 3.8) is 0 Å². The van der Waals surface area contributed by atoms with Gasteiger partial charge in [-0.3, -0.25) is 9.78 Å². The van der Waals surface area contributed by atoms with Crippen LogP contribution < -0.4 is 5.32 Å². The normalized spacial score (nSPS) is 17.4. The van der Waals surface area contributed by atoms with Crippen LogP contribution >= 0.6 is 0 Å². The lowest BCUT2D eigenvalue weighted by atomic mass is 10.0. The Hall–Kier alpha value is -2.87. The van der Waals surface area contributed by atoms with Crippen LogP contribution in [0.5, 0.6) is 0 Å². The monoisotopic (exact) mass is 334 g/mol. The topological polar surface area (TPSA) is 69.0 Å². The first-order chi connectivity index (χ1) is 12.3. The summed E-state index contributed by atoms with van der Waals surface area (Å²) < 4.78 is 0. The van der Waals surface area contributed by atoms with E-state index in [1.165, 1.54) is 0 Å². The second-order valence-corrected chi connectivity index (χ2v) is 6.28. The van der Waals surface area contributed by atoms with Crippen LogP contribution in [-0.4, -0.2) is 28.9 Å². The molecule has 1 N–H and O–H groups in total. The highest BCUT2D eigenvalue weighted by Gasteiger charge is 2.26. The number of nitrogens with zero attached hydrogens (tertiary/aromatic N) is 3. The molecule has 0 aliphatic carbocycles. The predicted octanol–water partition coefficient (Wildman–Crippen LogP) is 3.51. The van der Waals surface area contributed by atoms with Crippen molar-refractivity contribution in [1.82, 2.24) is 9.88 Å². The molecule has 0 spiro atoms. The third kappa shape index (κ3) is 4.36. The second-order valence-electron chi connectivity index (χ2n) is 6.28. The summed E-state index contributed by atoms with van der Waals surface area (Å²) in [6.07, 6.45) is 7.92. The van der Waals surface area contributed by atoms with Crippen LogP contribution in [0.4, 0.5) is 5.69 Å². The molecule has 1 aliphatic rings. The lowest BCUT2D eigenvalue weighted by Crippen LogP contribution is -2.38. The number of nitrogens with one attached hydrogen (secondary N) is 1. The molecule has 1 amide bonds. The highest BCUT2D eigenvalue weighted by Crippen LogP contribution is 2.29. The van der Waals surface area contributed by atoms with Crippen LogP contribution in [0, 0.1) is 11.3 Å². The molecule has 1 atom stereocenters. The summed E-state index contributed by atoms with van der Waals surface area (Å²) in [6, 6.07) is 13.4. The lowest BCUT2D eigenvalue weighted by Gasteiger charge is -2.30. The zero-order chi connectivity index (χ0) is 17.5. The fourth-order valence-corrected chi connectivity index (χ4v) is 3.28. The first-order valence-electron chi connectivity index (χ1n) is 8.71. The van der Waals surface area contributed by atoms with E-state index in [2.05, 4.69) is 16.4 Å². The number of amides is 1. The van der Waals surface area contributed by atoms with Gasteiger partial charge < -0.3 is 10.2 Å². The number of anilines is 1. The molecule has 3 rings (SSSR count). The molecule has 128 valence electrons. The first kappa shape index (κ1) is 17.0. The van der Waals surface area contributed by atoms with Gasteiger partial charge in [0.15, 0.2) is 0 Å². The Morgan fingerprint density at radius 1 is 1.16 bits per heavy atom. The Morgan fingerprint density at radius 3 is 2.64 bits per heavy atom. The van der Waals surface area contributed by atoms with E-state index in [0.717, 1.165) is 43.5 Å². The summed E-state index contributed by atoms with van der Waals surface area (Å²) in [5.74, 6) is 0.105. The third-order valence-corrected chi connectivity index (χ3v) is 4.62. The number of carbonyl (C=O) groups excluding carboxylic acids is 1. The highest BCUT2D eigenvalue weighted by molar-refractivity contribution is 5.81. The number of pyridine rings is 1. The van der Waals surface area contributed by atoms with E-state index in [1.807, 2.05) is 29.2 Å². The van der Waals surface area contributed by atoms with Crippen LogP contribution in [0.25, 0.3) is 0 Å². The maximum atomic E-state index is 12.8. The van der Waals surface area contributed by atoms with Gasteiger partial charge in [0.05, 0.1) is 24.2 Å². The Kier molecular flexibility index (Phi) is 5.63. The van der Waals surface area contributed by atoms with E-state index in [0.29, 0.717) is 5.56 Å². The number of benzene rings is 1.